The number of carbonyl (C=O) groups is 3. The van der Waals surface area contributed by atoms with Gasteiger partial charge < -0.3 is 20.5 Å². The predicted molar refractivity (Wildman–Crippen MR) is 119 cm³/mol. The number of imide groups is 3. The van der Waals surface area contributed by atoms with Crippen LogP contribution in [0.1, 0.15) is 67.2 Å². The van der Waals surface area contributed by atoms with Crippen LogP contribution in [-0.4, -0.2) is 71.9 Å². The molecule has 0 unspecified atom stereocenters. The van der Waals surface area contributed by atoms with Crippen LogP contribution in [0.2, 0.25) is 0 Å². The third-order valence-corrected chi connectivity index (χ3v) is 3.77. The number of nitrogens with one attached hydrogen (secondary N) is 2. The number of amides is 3. The zero-order chi connectivity index (χ0) is 24.1. The average molecular weight is 447 g/mol. The largest absolute Gasteiger partial charge is 0.443 e. The van der Waals surface area contributed by atoms with E-state index in [1.807, 2.05) is 0 Å². The fraction of sp³-hybridized carbons (Fsp3) is 0.850. The van der Waals surface area contributed by atoms with Crippen LogP contribution in [0.3, 0.4) is 0 Å². The minimum absolute atomic E-state index is 0.132. The normalized spacial score (nSPS) is 12.0. The maximum atomic E-state index is 12.7. The number of ether oxygens (including phenoxy) is 2. The molecule has 0 saturated heterocycles. The van der Waals surface area contributed by atoms with Crippen molar-refractivity contribution in [1.29, 1.82) is 0 Å². The Balaban J connectivity index is 4.80. The van der Waals surface area contributed by atoms with Crippen LogP contribution in [0, 0.1) is 0 Å². The monoisotopic (exact) mass is 446 g/mol. The van der Waals surface area contributed by atoms with Gasteiger partial charge in [0.05, 0.1) is 0 Å². The van der Waals surface area contributed by atoms with Crippen molar-refractivity contribution in [3.05, 3.63) is 0 Å². The summed E-state index contributed by atoms with van der Waals surface area (Å²) < 4.78 is 10.4. The number of rotatable bonds is 12. The Hall–Kier alpha value is -1.79. The summed E-state index contributed by atoms with van der Waals surface area (Å²) in [5, 5.41) is 4.95. The maximum Gasteiger partial charge on any atom is 0.426 e. The van der Waals surface area contributed by atoms with Crippen LogP contribution < -0.4 is 22.4 Å². The fourth-order valence-electron chi connectivity index (χ4n) is 2.39. The quantitative estimate of drug-likeness (QED) is 0.197. The standard InChI is InChI=1S/C20H42N6O5/c1-19(2,3)30-17(28)26(18(29)31-20(4,5)6)16(27)10-15-25(24-22)14-9-13-23-12-8-7-11-21/h23-24H,7-15,21-22H2,1-6H3. The molecule has 0 radical (unpaired) electrons. The number of carbonyl (C=O) groups excluding carboxylic acids is 3. The molecule has 0 spiro atoms. The lowest BCUT2D eigenvalue weighted by atomic mass is 10.2. The van der Waals surface area contributed by atoms with E-state index in [1.165, 1.54) is 0 Å². The van der Waals surface area contributed by atoms with E-state index in [9.17, 15) is 14.4 Å². The highest BCUT2D eigenvalue weighted by Crippen LogP contribution is 2.15. The third-order valence-electron chi connectivity index (χ3n) is 3.77. The highest BCUT2D eigenvalue weighted by atomic mass is 16.6. The molecule has 0 aromatic heterocycles. The van der Waals surface area contributed by atoms with Crippen molar-refractivity contribution >= 4 is 18.1 Å². The Kier molecular flexibility index (Phi) is 13.5. The minimum Gasteiger partial charge on any atom is -0.443 e. The van der Waals surface area contributed by atoms with Crippen molar-refractivity contribution in [1.82, 2.24) is 20.8 Å². The van der Waals surface area contributed by atoms with Gasteiger partial charge in [0, 0.05) is 19.5 Å². The van der Waals surface area contributed by atoms with Gasteiger partial charge in [-0.2, -0.15) is 5.53 Å². The zero-order valence-corrected chi connectivity index (χ0v) is 20.0. The summed E-state index contributed by atoms with van der Waals surface area (Å²) in [4.78, 5) is 38.1. The summed E-state index contributed by atoms with van der Waals surface area (Å²) in [6.45, 7) is 13.0. The number of nitrogens with two attached hydrogens (primary N) is 2. The maximum absolute atomic E-state index is 12.7. The molecule has 0 aliphatic carbocycles. The molecule has 0 aromatic carbocycles. The second-order valence-corrected chi connectivity index (χ2v) is 9.16. The lowest BCUT2D eigenvalue weighted by molar-refractivity contribution is -0.130. The second-order valence-electron chi connectivity index (χ2n) is 9.16. The van der Waals surface area contributed by atoms with Gasteiger partial charge in [0.15, 0.2) is 0 Å². The number of hydrogen-bond acceptors (Lipinski definition) is 10. The van der Waals surface area contributed by atoms with E-state index in [0.717, 1.165) is 32.4 Å². The van der Waals surface area contributed by atoms with Gasteiger partial charge in [0.1, 0.15) is 11.2 Å². The van der Waals surface area contributed by atoms with Gasteiger partial charge in [0.2, 0.25) is 5.91 Å². The van der Waals surface area contributed by atoms with Gasteiger partial charge in [-0.3, -0.25) is 10.6 Å². The van der Waals surface area contributed by atoms with Crippen LogP contribution in [0.4, 0.5) is 9.59 Å². The molecule has 0 atom stereocenters. The van der Waals surface area contributed by atoms with E-state index in [4.69, 9.17) is 21.1 Å². The number of hydrogen-bond donors (Lipinski definition) is 4. The van der Waals surface area contributed by atoms with Crippen LogP contribution >= 0.6 is 0 Å². The molecule has 0 heterocycles. The van der Waals surface area contributed by atoms with Gasteiger partial charge in [-0.1, -0.05) is 0 Å². The molecule has 0 aliphatic heterocycles. The Morgan fingerprint density at radius 2 is 1.35 bits per heavy atom. The van der Waals surface area contributed by atoms with Crippen LogP contribution in [0.15, 0.2) is 0 Å². The lowest BCUT2D eigenvalue weighted by Crippen LogP contribution is -2.49. The van der Waals surface area contributed by atoms with Gasteiger partial charge in [-0.25, -0.2) is 14.6 Å². The van der Waals surface area contributed by atoms with E-state index in [0.29, 0.717) is 18.0 Å². The van der Waals surface area contributed by atoms with Crippen molar-refractivity contribution in [2.24, 2.45) is 11.6 Å². The molecule has 0 fully saturated rings. The summed E-state index contributed by atoms with van der Waals surface area (Å²) in [6.07, 6.45) is 0.531. The molecule has 0 aliphatic rings. The number of unbranched alkanes of at least 4 members (excludes halogenated alkanes) is 1. The van der Waals surface area contributed by atoms with Crippen molar-refractivity contribution < 1.29 is 23.9 Å². The first-order valence-corrected chi connectivity index (χ1v) is 10.7. The molecule has 0 bridgehead atoms. The van der Waals surface area contributed by atoms with Crippen molar-refractivity contribution in [2.75, 3.05) is 32.7 Å². The molecule has 11 nitrogen and oxygen atoms in total. The van der Waals surface area contributed by atoms with Crippen molar-refractivity contribution in [3.8, 4) is 0 Å². The molecule has 3 amide bonds. The molecule has 0 aromatic rings. The molecule has 31 heavy (non-hydrogen) atoms. The molecule has 0 saturated carbocycles. The Labute approximate surface area is 186 Å². The first-order valence-electron chi connectivity index (χ1n) is 10.7. The summed E-state index contributed by atoms with van der Waals surface area (Å²) in [5.74, 6) is 4.80. The van der Waals surface area contributed by atoms with Crippen LogP contribution in [0.5, 0.6) is 0 Å². The number of hydrazine groups is 2. The van der Waals surface area contributed by atoms with Crippen LogP contribution in [0.25, 0.3) is 0 Å². The minimum atomic E-state index is -1.07. The number of nitrogens with zero attached hydrogens (tertiary/aromatic N) is 2. The third kappa shape index (κ3) is 14.8. The van der Waals surface area contributed by atoms with E-state index >= 15 is 0 Å². The highest BCUT2D eigenvalue weighted by Gasteiger charge is 2.36. The van der Waals surface area contributed by atoms with Gasteiger partial charge >= 0.3 is 12.2 Å². The lowest BCUT2D eigenvalue weighted by Gasteiger charge is -2.28. The van der Waals surface area contributed by atoms with E-state index in [1.54, 1.807) is 46.6 Å². The van der Waals surface area contributed by atoms with Crippen LogP contribution in [-0.2, 0) is 14.3 Å². The van der Waals surface area contributed by atoms with Gasteiger partial charge in [-0.15, -0.1) is 4.90 Å². The Bertz CT molecular complexity index is 531. The molecular weight excluding hydrogens is 404 g/mol. The Morgan fingerprint density at radius 1 is 0.839 bits per heavy atom. The first-order chi connectivity index (χ1) is 14.3. The van der Waals surface area contributed by atoms with Crippen molar-refractivity contribution in [2.45, 2.75) is 78.4 Å². The second kappa shape index (κ2) is 14.3. The van der Waals surface area contributed by atoms with Crippen molar-refractivity contribution in [3.63, 3.8) is 0 Å². The molecule has 11 heteroatoms. The molecular formula is C20H42N6O5. The summed E-state index contributed by atoms with van der Waals surface area (Å²) >= 11 is 0. The summed E-state index contributed by atoms with van der Waals surface area (Å²) in [6, 6.07) is 0. The first kappa shape index (κ1) is 29.2. The SMILES string of the molecule is CC(C)(C)OC(=O)N(C(=O)CCN(CCCNCCCCN)NN)C(=O)OC(C)(C)C. The molecule has 6 N–H and O–H groups in total. The molecule has 0 rings (SSSR count). The van der Waals surface area contributed by atoms with Gasteiger partial charge in [0.25, 0.3) is 0 Å². The zero-order valence-electron chi connectivity index (χ0n) is 20.0. The average Bonchev–Trinajstić information content (AvgIpc) is 2.60. The Morgan fingerprint density at radius 3 is 1.81 bits per heavy atom. The fourth-order valence-corrected chi connectivity index (χ4v) is 2.39. The van der Waals surface area contributed by atoms with E-state index in [-0.39, 0.29) is 13.0 Å². The van der Waals surface area contributed by atoms with Gasteiger partial charge in [-0.05, 0) is 80.4 Å². The topological polar surface area (TPSA) is 152 Å². The van der Waals surface area contributed by atoms with E-state index < -0.39 is 29.3 Å². The van der Waals surface area contributed by atoms with E-state index in [2.05, 4.69) is 10.9 Å². The smallest absolute Gasteiger partial charge is 0.426 e. The molecule has 182 valence electrons. The highest BCUT2D eigenvalue weighted by molar-refractivity contribution is 6.06. The summed E-state index contributed by atoms with van der Waals surface area (Å²) in [5.41, 5.74) is 6.24. The predicted octanol–water partition coefficient (Wildman–Crippen LogP) is 1.47. The summed E-state index contributed by atoms with van der Waals surface area (Å²) in [7, 11) is 0.